The SMILES string of the molecule is [O]=[Hf](=[O])(=[O])(=[O])(=[O])=[O]. The first kappa shape index (κ1) is 6.67. The van der Waals surface area contributed by atoms with Crippen molar-refractivity contribution in [1.82, 2.24) is 0 Å². The van der Waals surface area contributed by atoms with E-state index >= 15 is 0 Å². The van der Waals surface area contributed by atoms with Crippen LogP contribution in [0.1, 0.15) is 0 Å². The molecule has 0 saturated carbocycles. The van der Waals surface area contributed by atoms with Crippen LogP contribution in [-0.4, -0.2) is 0 Å². The molecule has 0 atom stereocenters. The molecule has 0 aromatic rings. The molecule has 7 heavy (non-hydrogen) atoms. The summed E-state index contributed by atoms with van der Waals surface area (Å²) < 4.78 is 52.1. The van der Waals surface area contributed by atoms with E-state index in [1.807, 2.05) is 0 Å². The molecule has 0 aliphatic carbocycles. The van der Waals surface area contributed by atoms with Crippen LogP contribution in [0.2, 0.25) is 0 Å². The van der Waals surface area contributed by atoms with E-state index in [2.05, 4.69) is 0 Å². The van der Waals surface area contributed by atoms with Gasteiger partial charge in [-0.1, -0.05) is 0 Å². The van der Waals surface area contributed by atoms with Gasteiger partial charge in [-0.15, -0.1) is 0 Å². The first-order chi connectivity index (χ1) is 2.45. The zero-order valence-corrected chi connectivity index (χ0v) is 6.54. The number of rotatable bonds is 0. The fraction of sp³-hybridized carbons (Fsp3) is 0. The molecule has 0 aromatic heterocycles. The first-order valence-electron chi connectivity index (χ1n) is 1.22. The van der Waals surface area contributed by atoms with Gasteiger partial charge in [0.2, 0.25) is 0 Å². The van der Waals surface area contributed by atoms with Gasteiger partial charge in [-0.2, -0.15) is 0 Å². The van der Waals surface area contributed by atoms with Crippen LogP contribution >= 0.6 is 0 Å². The summed E-state index contributed by atoms with van der Waals surface area (Å²) >= 11 is -9.90. The second-order valence-corrected chi connectivity index (χ2v) is 10.2. The van der Waals surface area contributed by atoms with Gasteiger partial charge in [0.25, 0.3) is 0 Å². The van der Waals surface area contributed by atoms with Gasteiger partial charge in [0.15, 0.2) is 0 Å². The minimum absolute atomic E-state index is 8.69. The third kappa shape index (κ3) is 702. The topological polar surface area (TPSA) is 102 Å². The van der Waals surface area contributed by atoms with Crippen LogP contribution in [-0.2, 0) is 34.2 Å². The molecule has 40 valence electrons. The Kier molecular flexibility index (Phi) is 0.548. The Labute approximate surface area is 34.6 Å². The predicted octanol–water partition coefficient (Wildman–Crippen LogP) is -0.715. The summed E-state index contributed by atoms with van der Waals surface area (Å²) in [5.41, 5.74) is 0. The summed E-state index contributed by atoms with van der Waals surface area (Å²) in [6, 6.07) is 0. The summed E-state index contributed by atoms with van der Waals surface area (Å²) in [7, 11) is 0. The average molecular weight is 274 g/mol. The van der Waals surface area contributed by atoms with E-state index in [4.69, 9.17) is 17.1 Å². The van der Waals surface area contributed by atoms with Gasteiger partial charge < -0.3 is 0 Å². The van der Waals surface area contributed by atoms with Crippen LogP contribution in [0.4, 0.5) is 0 Å². The molecular formula is HfO6. The first-order valence-corrected chi connectivity index (χ1v) is 10.0. The zero-order valence-electron chi connectivity index (χ0n) is 2.95. The molecule has 7 heteroatoms. The van der Waals surface area contributed by atoms with Crippen molar-refractivity contribution in [3.8, 4) is 0 Å². The Balaban J connectivity index is 8.86. The van der Waals surface area contributed by atoms with Crippen molar-refractivity contribution in [2.45, 2.75) is 0 Å². The quantitative estimate of drug-likeness (QED) is 0.540. The van der Waals surface area contributed by atoms with Crippen LogP contribution in [0.25, 0.3) is 0 Å². The monoisotopic (exact) mass is 276 g/mol. The third-order valence-corrected chi connectivity index (χ3v) is 0. The van der Waals surface area contributed by atoms with Gasteiger partial charge in [-0.25, -0.2) is 0 Å². The number of hydrogen-bond acceptors (Lipinski definition) is 6. The summed E-state index contributed by atoms with van der Waals surface area (Å²) in [6.45, 7) is 0. The van der Waals surface area contributed by atoms with Gasteiger partial charge >= 0.3 is 34.2 Å². The third-order valence-electron chi connectivity index (χ3n) is 0. The fourth-order valence-electron chi connectivity index (χ4n) is 0. The van der Waals surface area contributed by atoms with E-state index in [1.165, 1.54) is 0 Å². The Hall–Kier alpha value is -0.330. The van der Waals surface area contributed by atoms with Gasteiger partial charge in [0.1, 0.15) is 0 Å². The molecule has 0 N–H and O–H groups in total. The van der Waals surface area contributed by atoms with Crippen LogP contribution in [0, 0.1) is 0 Å². The summed E-state index contributed by atoms with van der Waals surface area (Å²) in [5, 5.41) is 0. The summed E-state index contributed by atoms with van der Waals surface area (Å²) in [6.07, 6.45) is 0. The molecule has 0 aromatic carbocycles. The molecule has 0 aliphatic rings. The van der Waals surface area contributed by atoms with E-state index < -0.39 is 17.0 Å². The molecule has 0 amide bonds. The van der Waals surface area contributed by atoms with Crippen molar-refractivity contribution in [2.24, 2.45) is 0 Å². The van der Waals surface area contributed by atoms with E-state index in [-0.39, 0.29) is 0 Å². The van der Waals surface area contributed by atoms with Crippen molar-refractivity contribution in [2.75, 3.05) is 0 Å². The van der Waals surface area contributed by atoms with Crippen molar-refractivity contribution < 1.29 is 34.2 Å². The molecule has 0 heterocycles. The van der Waals surface area contributed by atoms with Crippen LogP contribution in [0.3, 0.4) is 0 Å². The molecule has 0 aliphatic heterocycles. The second kappa shape index (κ2) is 0.575. The molecule has 0 saturated heterocycles. The van der Waals surface area contributed by atoms with Gasteiger partial charge in [-0.05, 0) is 0 Å². The standard InChI is InChI=1S/Hf.6O. The normalized spacial score (nSPS) is 6.86. The molecule has 6 nitrogen and oxygen atoms in total. The van der Waals surface area contributed by atoms with E-state index in [0.717, 1.165) is 0 Å². The molecular weight excluding hydrogens is 274 g/mol. The van der Waals surface area contributed by atoms with Crippen LogP contribution < -0.4 is 0 Å². The average Bonchev–Trinajstić information content (AvgIpc) is 0.592. The van der Waals surface area contributed by atoms with Crippen molar-refractivity contribution in [3.05, 3.63) is 0 Å². The fourth-order valence-corrected chi connectivity index (χ4v) is 0. The minimum atomic E-state index is -9.90. The molecule has 0 spiro atoms. The maximum atomic E-state index is 8.69. The molecule has 0 rings (SSSR count). The van der Waals surface area contributed by atoms with Crippen molar-refractivity contribution in [3.63, 3.8) is 0 Å². The van der Waals surface area contributed by atoms with Crippen molar-refractivity contribution >= 4 is 0 Å². The Morgan fingerprint density at radius 1 is 0.571 bits per heavy atom. The Morgan fingerprint density at radius 3 is 0.571 bits per heavy atom. The molecule has 0 radical (unpaired) electrons. The zero-order chi connectivity index (χ0) is 6.41. The summed E-state index contributed by atoms with van der Waals surface area (Å²) in [4.78, 5) is 0. The van der Waals surface area contributed by atoms with Crippen LogP contribution in [0.5, 0.6) is 0 Å². The van der Waals surface area contributed by atoms with Crippen LogP contribution in [0.15, 0.2) is 0 Å². The van der Waals surface area contributed by atoms with E-state index in [0.29, 0.717) is 0 Å². The molecule has 0 bridgehead atoms. The van der Waals surface area contributed by atoms with Gasteiger partial charge in [0.05, 0.1) is 0 Å². The molecule has 0 fully saturated rings. The van der Waals surface area contributed by atoms with Gasteiger partial charge in [-0.3, -0.25) is 0 Å². The Morgan fingerprint density at radius 2 is 0.571 bits per heavy atom. The Bertz CT molecular complexity index is 432. The summed E-state index contributed by atoms with van der Waals surface area (Å²) in [5.74, 6) is 0. The van der Waals surface area contributed by atoms with Gasteiger partial charge in [0, 0.05) is 0 Å². The second-order valence-electron chi connectivity index (χ2n) is 1.25. The van der Waals surface area contributed by atoms with E-state index in [9.17, 15) is 0 Å². The van der Waals surface area contributed by atoms with E-state index in [1.54, 1.807) is 0 Å². The van der Waals surface area contributed by atoms with Crippen molar-refractivity contribution in [1.29, 1.82) is 0 Å². The maximum absolute atomic E-state index is 9.90. The predicted molar refractivity (Wildman–Crippen MR) is 4.12 cm³/mol. The number of hydrogen-bond donors (Lipinski definition) is 0. The molecule has 0 unspecified atom stereocenters.